The highest BCUT2D eigenvalue weighted by Gasteiger charge is 2.23. The molecule has 2 aromatic heterocycles. The van der Waals surface area contributed by atoms with Crippen LogP contribution in [0.1, 0.15) is 5.56 Å². The first-order valence-electron chi connectivity index (χ1n) is 7.23. The molecule has 0 amide bonds. The number of nitrogens with two attached hydrogens (primary N) is 1. The van der Waals surface area contributed by atoms with Crippen molar-refractivity contribution in [2.45, 2.75) is 11.6 Å². The number of sulfone groups is 1. The minimum atomic E-state index is -3.59. The van der Waals surface area contributed by atoms with E-state index < -0.39 is 9.84 Å². The zero-order valence-corrected chi connectivity index (χ0v) is 14.7. The summed E-state index contributed by atoms with van der Waals surface area (Å²) >= 11 is 0. The zero-order chi connectivity index (χ0) is 18.2. The van der Waals surface area contributed by atoms with Crippen molar-refractivity contribution >= 4 is 26.7 Å². The quantitative estimate of drug-likeness (QED) is 0.709. The molecule has 0 spiro atoms. The van der Waals surface area contributed by atoms with Crippen molar-refractivity contribution in [2.24, 2.45) is 0 Å². The van der Waals surface area contributed by atoms with Gasteiger partial charge in [-0.1, -0.05) is 0 Å². The number of nitrogens with zero attached hydrogens (tertiary/aromatic N) is 4. The Morgan fingerprint density at radius 1 is 1.20 bits per heavy atom. The van der Waals surface area contributed by atoms with Gasteiger partial charge in [0.15, 0.2) is 20.5 Å². The van der Waals surface area contributed by atoms with Crippen LogP contribution in [-0.4, -0.2) is 48.6 Å². The Morgan fingerprint density at radius 3 is 2.60 bits per heavy atom. The summed E-state index contributed by atoms with van der Waals surface area (Å²) in [5.74, 6) is 1.30. The molecule has 0 aliphatic carbocycles. The van der Waals surface area contributed by atoms with E-state index in [1.54, 1.807) is 26.4 Å². The highest BCUT2D eigenvalue weighted by atomic mass is 32.2. The van der Waals surface area contributed by atoms with E-state index >= 15 is 0 Å². The predicted molar refractivity (Wildman–Crippen MR) is 91.5 cm³/mol. The fourth-order valence-electron chi connectivity index (χ4n) is 2.51. The number of aromatic nitrogens is 4. The Kier molecular flexibility index (Phi) is 4.21. The van der Waals surface area contributed by atoms with Gasteiger partial charge in [-0.2, -0.15) is 5.10 Å². The molecule has 3 aromatic rings. The third-order valence-corrected chi connectivity index (χ3v) is 4.68. The maximum atomic E-state index is 12.0. The molecular formula is C15H17N5O4S. The lowest BCUT2D eigenvalue weighted by molar-refractivity contribution is 0.389. The molecule has 10 heteroatoms. The van der Waals surface area contributed by atoms with E-state index in [1.807, 2.05) is 6.07 Å². The number of hydrogen-bond donors (Lipinski definition) is 1. The van der Waals surface area contributed by atoms with Gasteiger partial charge < -0.3 is 15.2 Å². The Bertz CT molecular complexity index is 1050. The number of methoxy groups -OCH3 is 2. The third-order valence-electron chi connectivity index (χ3n) is 3.69. The second-order valence-corrected chi connectivity index (χ2v) is 7.30. The summed E-state index contributed by atoms with van der Waals surface area (Å²) in [5.41, 5.74) is 6.97. The maximum Gasteiger partial charge on any atom is 0.195 e. The van der Waals surface area contributed by atoms with Gasteiger partial charge in [-0.3, -0.25) is 0 Å². The second-order valence-electron chi connectivity index (χ2n) is 5.37. The number of hydrogen-bond acceptors (Lipinski definition) is 8. The predicted octanol–water partition coefficient (Wildman–Crippen LogP) is 0.877. The molecule has 0 aliphatic rings. The van der Waals surface area contributed by atoms with E-state index in [0.29, 0.717) is 17.1 Å². The van der Waals surface area contributed by atoms with Crippen molar-refractivity contribution in [3.8, 4) is 11.5 Å². The van der Waals surface area contributed by atoms with Crippen LogP contribution in [0.15, 0.2) is 29.6 Å². The molecule has 0 saturated heterocycles. The minimum Gasteiger partial charge on any atom is -0.497 e. The van der Waals surface area contributed by atoms with E-state index in [1.165, 1.54) is 11.0 Å². The summed E-state index contributed by atoms with van der Waals surface area (Å²) in [6.07, 6.45) is 2.34. The fourth-order valence-corrected chi connectivity index (χ4v) is 3.32. The van der Waals surface area contributed by atoms with Crippen LogP contribution in [-0.2, 0) is 16.4 Å². The maximum absolute atomic E-state index is 12.0. The molecule has 132 valence electrons. The highest BCUT2D eigenvalue weighted by Crippen LogP contribution is 2.29. The van der Waals surface area contributed by atoms with Gasteiger partial charge in [0.25, 0.3) is 0 Å². The first-order valence-corrected chi connectivity index (χ1v) is 9.12. The van der Waals surface area contributed by atoms with Crippen LogP contribution in [0.25, 0.3) is 11.0 Å². The molecule has 0 fully saturated rings. The molecule has 0 aliphatic heterocycles. The summed E-state index contributed by atoms with van der Waals surface area (Å²) in [6, 6.07) is 5.34. The van der Waals surface area contributed by atoms with Crippen LogP contribution >= 0.6 is 0 Å². The molecule has 9 nitrogen and oxygen atoms in total. The Balaban J connectivity index is 2.17. The number of nitrogen functional groups attached to an aromatic ring is 1. The van der Waals surface area contributed by atoms with Crippen LogP contribution in [0.3, 0.4) is 0 Å². The number of anilines is 1. The molecule has 0 bridgehead atoms. The highest BCUT2D eigenvalue weighted by molar-refractivity contribution is 7.90. The molecule has 2 heterocycles. The Labute approximate surface area is 144 Å². The van der Waals surface area contributed by atoms with Crippen molar-refractivity contribution in [3.63, 3.8) is 0 Å². The largest absolute Gasteiger partial charge is 0.497 e. The molecule has 0 saturated carbocycles. The lowest BCUT2D eigenvalue weighted by Gasteiger charge is -2.10. The SMILES string of the molecule is COc1ccc(Cn2nc(S(C)(=O)=O)c3c(N)ncnc32)c(OC)c1. The third kappa shape index (κ3) is 3.07. The molecule has 0 radical (unpaired) electrons. The van der Waals surface area contributed by atoms with Crippen molar-refractivity contribution < 1.29 is 17.9 Å². The summed E-state index contributed by atoms with van der Waals surface area (Å²) in [7, 11) is -0.487. The normalized spacial score (nSPS) is 11.6. The van der Waals surface area contributed by atoms with Crippen LogP contribution in [0, 0.1) is 0 Å². The first-order chi connectivity index (χ1) is 11.8. The van der Waals surface area contributed by atoms with Gasteiger partial charge in [0.2, 0.25) is 0 Å². The molecule has 2 N–H and O–H groups in total. The lowest BCUT2D eigenvalue weighted by atomic mass is 10.2. The fraction of sp³-hybridized carbons (Fsp3) is 0.267. The van der Waals surface area contributed by atoms with E-state index in [9.17, 15) is 8.42 Å². The van der Waals surface area contributed by atoms with Gasteiger partial charge in [-0.05, 0) is 12.1 Å². The van der Waals surface area contributed by atoms with Gasteiger partial charge in [-0.25, -0.2) is 23.1 Å². The summed E-state index contributed by atoms with van der Waals surface area (Å²) in [6.45, 7) is 0.246. The molecule has 3 rings (SSSR count). The topological polar surface area (TPSA) is 122 Å². The summed E-state index contributed by atoms with van der Waals surface area (Å²) in [4.78, 5) is 8.01. The van der Waals surface area contributed by atoms with Crippen LogP contribution in [0.4, 0.5) is 5.82 Å². The van der Waals surface area contributed by atoms with Gasteiger partial charge >= 0.3 is 0 Å². The van der Waals surface area contributed by atoms with E-state index in [-0.39, 0.29) is 22.8 Å². The monoisotopic (exact) mass is 363 g/mol. The molecule has 1 aromatic carbocycles. The molecular weight excluding hydrogens is 346 g/mol. The Hall–Kier alpha value is -2.88. The zero-order valence-electron chi connectivity index (χ0n) is 13.9. The number of benzene rings is 1. The molecule has 0 unspecified atom stereocenters. The average Bonchev–Trinajstić information content (AvgIpc) is 2.95. The number of ether oxygens (including phenoxy) is 2. The minimum absolute atomic E-state index is 0.0679. The molecule has 0 atom stereocenters. The van der Waals surface area contributed by atoms with Crippen molar-refractivity contribution in [1.29, 1.82) is 0 Å². The number of fused-ring (bicyclic) bond motifs is 1. The van der Waals surface area contributed by atoms with Crippen molar-refractivity contribution in [3.05, 3.63) is 30.1 Å². The number of rotatable bonds is 5. The second kappa shape index (κ2) is 6.20. The van der Waals surface area contributed by atoms with Gasteiger partial charge in [0, 0.05) is 17.9 Å². The van der Waals surface area contributed by atoms with E-state index in [0.717, 1.165) is 11.8 Å². The van der Waals surface area contributed by atoms with Gasteiger partial charge in [0.05, 0.1) is 20.8 Å². The standard InChI is InChI=1S/C15H17N5O4S/c1-23-10-5-4-9(11(6-10)24-2)7-20-14-12(13(16)17-8-18-14)15(19-20)25(3,21)22/h4-6,8H,7H2,1-3H3,(H2,16,17,18). The van der Waals surface area contributed by atoms with E-state index in [4.69, 9.17) is 15.2 Å². The lowest BCUT2D eigenvalue weighted by Crippen LogP contribution is -2.06. The van der Waals surface area contributed by atoms with Crippen molar-refractivity contribution in [1.82, 2.24) is 19.7 Å². The van der Waals surface area contributed by atoms with Gasteiger partial charge in [0.1, 0.15) is 29.0 Å². The summed E-state index contributed by atoms with van der Waals surface area (Å²) in [5, 5.41) is 4.27. The first kappa shape index (κ1) is 17.0. The summed E-state index contributed by atoms with van der Waals surface area (Å²) < 4.78 is 36.1. The van der Waals surface area contributed by atoms with Gasteiger partial charge in [-0.15, -0.1) is 0 Å². The van der Waals surface area contributed by atoms with E-state index in [2.05, 4.69) is 15.1 Å². The smallest absolute Gasteiger partial charge is 0.195 e. The molecule has 25 heavy (non-hydrogen) atoms. The van der Waals surface area contributed by atoms with Crippen LogP contribution < -0.4 is 15.2 Å². The Morgan fingerprint density at radius 2 is 1.96 bits per heavy atom. The van der Waals surface area contributed by atoms with Crippen LogP contribution in [0.5, 0.6) is 11.5 Å². The average molecular weight is 363 g/mol. The van der Waals surface area contributed by atoms with Crippen LogP contribution in [0.2, 0.25) is 0 Å². The van der Waals surface area contributed by atoms with Crippen molar-refractivity contribution in [2.75, 3.05) is 26.2 Å².